The van der Waals surface area contributed by atoms with Gasteiger partial charge in [-0.1, -0.05) is 24.3 Å². The zero-order chi connectivity index (χ0) is 13.9. The molecule has 0 spiro atoms. The number of ether oxygens (including phenoxy) is 1. The van der Waals surface area contributed by atoms with Crippen molar-refractivity contribution in [3.63, 3.8) is 0 Å². The van der Waals surface area contributed by atoms with Crippen LogP contribution in [0, 0.1) is 0 Å². The molecule has 4 nitrogen and oxygen atoms in total. The van der Waals surface area contributed by atoms with Crippen molar-refractivity contribution in [2.75, 3.05) is 26.3 Å². The highest BCUT2D eigenvalue weighted by molar-refractivity contribution is 5.68. The largest absolute Gasteiger partial charge is 0.481 e. The van der Waals surface area contributed by atoms with Crippen LogP contribution in [0.25, 0.3) is 0 Å². The van der Waals surface area contributed by atoms with Crippen LogP contribution < -0.4 is 0 Å². The molecule has 1 heterocycles. The molecule has 1 aliphatic heterocycles. The number of benzene rings is 1. The Bertz CT molecular complexity index is 478. The number of aliphatic carboxylic acids is 1. The summed E-state index contributed by atoms with van der Waals surface area (Å²) in [7, 11) is 0. The van der Waals surface area contributed by atoms with Gasteiger partial charge >= 0.3 is 5.97 Å². The predicted octanol–water partition coefficient (Wildman–Crippen LogP) is 2.41. The van der Waals surface area contributed by atoms with Gasteiger partial charge in [0.2, 0.25) is 0 Å². The van der Waals surface area contributed by atoms with Crippen molar-refractivity contribution in [3.05, 3.63) is 35.4 Å². The van der Waals surface area contributed by atoms with Crippen LogP contribution in [0.5, 0.6) is 0 Å². The number of hydrogen-bond acceptors (Lipinski definition) is 3. The van der Waals surface area contributed by atoms with Crippen LogP contribution in [0.15, 0.2) is 24.3 Å². The molecule has 0 amide bonds. The molecule has 1 unspecified atom stereocenters. The van der Waals surface area contributed by atoms with Crippen molar-refractivity contribution in [2.45, 2.75) is 31.2 Å². The normalized spacial score (nSPS) is 21.6. The summed E-state index contributed by atoms with van der Waals surface area (Å²) in [6.45, 7) is 3.03. The predicted molar refractivity (Wildman–Crippen MR) is 75.8 cm³/mol. The van der Waals surface area contributed by atoms with Gasteiger partial charge in [0.05, 0.1) is 19.6 Å². The summed E-state index contributed by atoms with van der Waals surface area (Å²) >= 11 is 0. The number of nitrogens with zero attached hydrogens (tertiary/aromatic N) is 1. The molecule has 108 valence electrons. The van der Waals surface area contributed by atoms with Crippen molar-refractivity contribution < 1.29 is 14.6 Å². The van der Waals surface area contributed by atoms with Gasteiger partial charge in [0, 0.05) is 19.1 Å². The first-order valence-electron chi connectivity index (χ1n) is 7.38. The molecular formula is C16H21NO3. The highest BCUT2D eigenvalue weighted by Gasteiger charge is 2.31. The van der Waals surface area contributed by atoms with Gasteiger partial charge in [0.1, 0.15) is 0 Å². The standard InChI is InChI=1S/C16H21NO3/c18-16(19)11-15(17-7-9-20-10-8-17)14-4-2-1-3-13(14)12-5-6-12/h1-4,12,15H,5-11H2,(H,18,19). The van der Waals surface area contributed by atoms with Crippen LogP contribution in [0.1, 0.15) is 42.3 Å². The molecule has 0 aromatic heterocycles. The fourth-order valence-electron chi connectivity index (χ4n) is 3.07. The van der Waals surface area contributed by atoms with Gasteiger partial charge in [-0.15, -0.1) is 0 Å². The molecule has 1 atom stereocenters. The molecule has 0 bridgehead atoms. The average molecular weight is 275 g/mol. The van der Waals surface area contributed by atoms with E-state index in [4.69, 9.17) is 4.74 Å². The first kappa shape index (κ1) is 13.6. The van der Waals surface area contributed by atoms with Crippen molar-refractivity contribution in [2.24, 2.45) is 0 Å². The van der Waals surface area contributed by atoms with E-state index in [1.165, 1.54) is 24.0 Å². The van der Waals surface area contributed by atoms with Crippen LogP contribution in [0.2, 0.25) is 0 Å². The third kappa shape index (κ3) is 3.02. The van der Waals surface area contributed by atoms with E-state index in [0.29, 0.717) is 19.1 Å². The summed E-state index contributed by atoms with van der Waals surface area (Å²) in [6.07, 6.45) is 2.64. The Morgan fingerprint density at radius 2 is 2.00 bits per heavy atom. The van der Waals surface area contributed by atoms with Gasteiger partial charge in [-0.05, 0) is 29.9 Å². The van der Waals surface area contributed by atoms with Gasteiger partial charge in [0.15, 0.2) is 0 Å². The Morgan fingerprint density at radius 3 is 2.65 bits per heavy atom. The number of rotatable bonds is 5. The number of carbonyl (C=O) groups is 1. The van der Waals surface area contributed by atoms with Crippen LogP contribution in [0.4, 0.5) is 0 Å². The van der Waals surface area contributed by atoms with Crippen molar-refractivity contribution in [3.8, 4) is 0 Å². The van der Waals surface area contributed by atoms with Gasteiger partial charge in [-0.25, -0.2) is 0 Å². The molecule has 1 aliphatic carbocycles. The maximum Gasteiger partial charge on any atom is 0.305 e. The second kappa shape index (κ2) is 5.94. The van der Waals surface area contributed by atoms with Crippen LogP contribution in [-0.4, -0.2) is 42.3 Å². The van der Waals surface area contributed by atoms with Crippen molar-refractivity contribution in [1.29, 1.82) is 0 Å². The van der Waals surface area contributed by atoms with E-state index in [1.54, 1.807) is 0 Å². The van der Waals surface area contributed by atoms with Crippen LogP contribution >= 0.6 is 0 Å². The highest BCUT2D eigenvalue weighted by Crippen LogP contribution is 2.44. The summed E-state index contributed by atoms with van der Waals surface area (Å²) in [5, 5.41) is 9.26. The Morgan fingerprint density at radius 1 is 1.30 bits per heavy atom. The summed E-state index contributed by atoms with van der Waals surface area (Å²) in [5.74, 6) is -0.0874. The first-order valence-corrected chi connectivity index (χ1v) is 7.38. The summed E-state index contributed by atoms with van der Waals surface area (Å²) < 4.78 is 5.39. The monoisotopic (exact) mass is 275 g/mol. The number of carboxylic acids is 1. The van der Waals surface area contributed by atoms with E-state index in [1.807, 2.05) is 6.07 Å². The number of carboxylic acid groups (broad SMARTS) is 1. The summed E-state index contributed by atoms with van der Waals surface area (Å²) in [6, 6.07) is 8.34. The highest BCUT2D eigenvalue weighted by atomic mass is 16.5. The van der Waals surface area contributed by atoms with Gasteiger partial charge < -0.3 is 9.84 Å². The first-order chi connectivity index (χ1) is 9.75. The molecule has 1 saturated carbocycles. The molecule has 1 aromatic carbocycles. The Hall–Kier alpha value is -1.39. The second-order valence-corrected chi connectivity index (χ2v) is 5.67. The summed E-state index contributed by atoms with van der Waals surface area (Å²) in [4.78, 5) is 13.5. The van der Waals surface area contributed by atoms with Crippen LogP contribution in [0.3, 0.4) is 0 Å². The molecule has 1 aromatic rings. The van der Waals surface area contributed by atoms with E-state index in [0.717, 1.165) is 13.1 Å². The Balaban J connectivity index is 1.89. The lowest BCUT2D eigenvalue weighted by Crippen LogP contribution is -2.40. The topological polar surface area (TPSA) is 49.8 Å². The molecule has 1 N–H and O–H groups in total. The molecule has 4 heteroatoms. The third-order valence-electron chi connectivity index (χ3n) is 4.23. The Kier molecular flexibility index (Phi) is 4.03. The quantitative estimate of drug-likeness (QED) is 0.896. The zero-order valence-corrected chi connectivity index (χ0v) is 11.6. The Labute approximate surface area is 119 Å². The minimum Gasteiger partial charge on any atom is -0.481 e. The molecule has 2 fully saturated rings. The average Bonchev–Trinajstić information content (AvgIpc) is 3.30. The lowest BCUT2D eigenvalue weighted by Gasteiger charge is -2.35. The molecule has 2 aliphatic rings. The maximum absolute atomic E-state index is 11.3. The van der Waals surface area contributed by atoms with E-state index in [-0.39, 0.29) is 12.5 Å². The fourth-order valence-corrected chi connectivity index (χ4v) is 3.07. The van der Waals surface area contributed by atoms with Gasteiger partial charge in [-0.3, -0.25) is 9.69 Å². The molecule has 20 heavy (non-hydrogen) atoms. The van der Waals surface area contributed by atoms with Crippen molar-refractivity contribution in [1.82, 2.24) is 4.90 Å². The van der Waals surface area contributed by atoms with Gasteiger partial charge in [-0.2, -0.15) is 0 Å². The number of morpholine rings is 1. The molecule has 3 rings (SSSR count). The van der Waals surface area contributed by atoms with E-state index in [2.05, 4.69) is 23.1 Å². The third-order valence-corrected chi connectivity index (χ3v) is 4.23. The summed E-state index contributed by atoms with van der Waals surface area (Å²) in [5.41, 5.74) is 2.56. The number of hydrogen-bond donors (Lipinski definition) is 1. The SMILES string of the molecule is O=C(O)CC(c1ccccc1C1CC1)N1CCOCC1. The lowest BCUT2D eigenvalue weighted by atomic mass is 9.93. The van der Waals surface area contributed by atoms with Crippen molar-refractivity contribution >= 4 is 5.97 Å². The van der Waals surface area contributed by atoms with E-state index < -0.39 is 5.97 Å². The van der Waals surface area contributed by atoms with E-state index in [9.17, 15) is 9.90 Å². The second-order valence-electron chi connectivity index (χ2n) is 5.67. The minimum atomic E-state index is -0.730. The minimum absolute atomic E-state index is 0.0202. The maximum atomic E-state index is 11.3. The lowest BCUT2D eigenvalue weighted by molar-refractivity contribution is -0.139. The van der Waals surface area contributed by atoms with Crippen LogP contribution in [-0.2, 0) is 9.53 Å². The molecular weight excluding hydrogens is 254 g/mol. The fraction of sp³-hybridized carbons (Fsp3) is 0.562. The molecule has 0 radical (unpaired) electrons. The van der Waals surface area contributed by atoms with E-state index >= 15 is 0 Å². The van der Waals surface area contributed by atoms with Gasteiger partial charge in [0.25, 0.3) is 0 Å². The smallest absolute Gasteiger partial charge is 0.305 e. The zero-order valence-electron chi connectivity index (χ0n) is 11.6. The molecule has 1 saturated heterocycles.